The Hall–Kier alpha value is 0.137. The molecule has 1 saturated carbocycles. The molecule has 2 nitrogen and oxygen atoms in total. The number of aliphatic hydroxyl groups is 1. The molecule has 1 N–H and O–H groups in total. The summed E-state index contributed by atoms with van der Waals surface area (Å²) in [5.74, 6) is 0.633. The first-order chi connectivity index (χ1) is 6.28. The van der Waals surface area contributed by atoms with Gasteiger partial charge in [-0.3, -0.25) is 0 Å². The molecule has 3 heteroatoms. The van der Waals surface area contributed by atoms with Crippen LogP contribution in [0.4, 0.5) is 0 Å². The highest BCUT2D eigenvalue weighted by Crippen LogP contribution is 2.41. The lowest BCUT2D eigenvalue weighted by atomic mass is 10.2. The molecule has 0 aromatic heterocycles. The van der Waals surface area contributed by atoms with Crippen molar-refractivity contribution < 1.29 is 9.53 Å². The molecule has 84 valence electrons. The quantitative estimate of drug-likeness (QED) is 0.732. The van der Waals surface area contributed by atoms with Gasteiger partial charge in [-0.05, 0) is 36.9 Å². The molecule has 0 aromatic carbocycles. The van der Waals surface area contributed by atoms with Gasteiger partial charge in [-0.2, -0.15) is 0 Å². The highest BCUT2D eigenvalue weighted by molar-refractivity contribution is 6.74. The largest absolute Gasteiger partial charge is 0.411 e. The lowest BCUT2D eigenvalue weighted by Crippen LogP contribution is -2.45. The van der Waals surface area contributed by atoms with E-state index in [2.05, 4.69) is 33.9 Å². The molecule has 0 aliphatic heterocycles. The lowest BCUT2D eigenvalue weighted by molar-refractivity contribution is 0.0862. The van der Waals surface area contributed by atoms with Crippen LogP contribution in [0.15, 0.2) is 0 Å². The molecule has 1 atom stereocenters. The van der Waals surface area contributed by atoms with Crippen LogP contribution in [-0.2, 0) is 4.43 Å². The first-order valence-electron chi connectivity index (χ1n) is 5.56. The Balaban J connectivity index is 2.55. The van der Waals surface area contributed by atoms with Gasteiger partial charge in [0.1, 0.15) is 0 Å². The van der Waals surface area contributed by atoms with Gasteiger partial charge in [0.25, 0.3) is 0 Å². The van der Waals surface area contributed by atoms with Gasteiger partial charge >= 0.3 is 0 Å². The van der Waals surface area contributed by atoms with Gasteiger partial charge in [-0.15, -0.1) is 0 Å². The van der Waals surface area contributed by atoms with Crippen LogP contribution < -0.4 is 0 Å². The topological polar surface area (TPSA) is 29.5 Å². The zero-order valence-corrected chi connectivity index (χ0v) is 11.1. The zero-order chi connectivity index (χ0) is 11.0. The van der Waals surface area contributed by atoms with E-state index in [0.717, 1.165) is 0 Å². The Bertz CT molecular complexity index is 192. The van der Waals surface area contributed by atoms with Crippen molar-refractivity contribution >= 4 is 8.32 Å². The summed E-state index contributed by atoms with van der Waals surface area (Å²) in [4.78, 5) is 0. The summed E-state index contributed by atoms with van der Waals surface area (Å²) in [5, 5.41) is 9.51. The second-order valence-electron chi connectivity index (χ2n) is 5.94. The van der Waals surface area contributed by atoms with Crippen LogP contribution >= 0.6 is 0 Å². The standard InChI is InChI=1S/C11H24O2Si/c1-11(2,3)14(4,5)13-10(8-12)9-6-7-9/h9-10,12H,6-8H2,1-5H3. The monoisotopic (exact) mass is 216 g/mol. The second-order valence-corrected chi connectivity index (χ2v) is 10.7. The van der Waals surface area contributed by atoms with Crippen molar-refractivity contribution in [2.75, 3.05) is 6.61 Å². The van der Waals surface area contributed by atoms with Crippen molar-refractivity contribution in [3.8, 4) is 0 Å². The Morgan fingerprint density at radius 3 is 2.14 bits per heavy atom. The molecule has 0 saturated heterocycles. The average molecular weight is 216 g/mol. The minimum atomic E-state index is -1.67. The maximum absolute atomic E-state index is 9.26. The van der Waals surface area contributed by atoms with E-state index in [1.807, 2.05) is 0 Å². The fourth-order valence-electron chi connectivity index (χ4n) is 1.31. The van der Waals surface area contributed by atoms with Crippen LogP contribution in [-0.4, -0.2) is 26.1 Å². The molecule has 0 heterocycles. The minimum Gasteiger partial charge on any atom is -0.411 e. The smallest absolute Gasteiger partial charge is 0.192 e. The fraction of sp³-hybridized carbons (Fsp3) is 1.00. The number of rotatable bonds is 4. The first kappa shape index (κ1) is 12.2. The predicted octanol–water partition coefficient (Wildman–Crippen LogP) is 2.78. The van der Waals surface area contributed by atoms with Gasteiger partial charge in [0.15, 0.2) is 8.32 Å². The molecule has 0 aromatic rings. The maximum atomic E-state index is 9.26. The number of aliphatic hydroxyl groups excluding tert-OH is 1. The summed E-state index contributed by atoms with van der Waals surface area (Å²) in [5.41, 5.74) is 0. The van der Waals surface area contributed by atoms with Crippen molar-refractivity contribution in [3.63, 3.8) is 0 Å². The van der Waals surface area contributed by atoms with E-state index in [1.165, 1.54) is 12.8 Å². The molecular formula is C11H24O2Si. The molecule has 14 heavy (non-hydrogen) atoms. The van der Waals surface area contributed by atoms with Crippen LogP contribution in [0.3, 0.4) is 0 Å². The molecule has 1 rings (SSSR count). The molecule has 0 spiro atoms. The maximum Gasteiger partial charge on any atom is 0.192 e. The summed E-state index contributed by atoms with van der Waals surface area (Å²) in [6.07, 6.45) is 2.58. The number of hydrogen-bond donors (Lipinski definition) is 1. The van der Waals surface area contributed by atoms with Crippen molar-refractivity contribution in [3.05, 3.63) is 0 Å². The fourth-order valence-corrected chi connectivity index (χ4v) is 2.68. The normalized spacial score (nSPS) is 21.0. The van der Waals surface area contributed by atoms with Gasteiger partial charge < -0.3 is 9.53 Å². The molecule has 0 radical (unpaired) electrons. The van der Waals surface area contributed by atoms with Crippen molar-refractivity contribution in [2.45, 2.75) is 57.8 Å². The molecule has 1 aliphatic rings. The molecule has 1 fully saturated rings. The summed E-state index contributed by atoms with van der Waals surface area (Å²) in [6.45, 7) is 11.4. The Kier molecular flexibility index (Phi) is 3.44. The molecule has 1 unspecified atom stereocenters. The summed E-state index contributed by atoms with van der Waals surface area (Å²) < 4.78 is 6.16. The van der Waals surface area contributed by atoms with Gasteiger partial charge in [-0.1, -0.05) is 20.8 Å². The first-order valence-corrected chi connectivity index (χ1v) is 8.47. The van der Waals surface area contributed by atoms with E-state index in [9.17, 15) is 5.11 Å². The Labute approximate surface area is 88.8 Å². The third kappa shape index (κ3) is 2.81. The Morgan fingerprint density at radius 2 is 1.86 bits per heavy atom. The summed E-state index contributed by atoms with van der Waals surface area (Å²) in [7, 11) is -1.67. The van der Waals surface area contributed by atoms with Crippen LogP contribution in [0.5, 0.6) is 0 Å². The highest BCUT2D eigenvalue weighted by Gasteiger charge is 2.42. The van der Waals surface area contributed by atoms with Gasteiger partial charge in [-0.25, -0.2) is 0 Å². The van der Waals surface area contributed by atoms with Crippen molar-refractivity contribution in [2.24, 2.45) is 5.92 Å². The van der Waals surface area contributed by atoms with Gasteiger partial charge in [0.2, 0.25) is 0 Å². The minimum absolute atomic E-state index is 0.107. The van der Waals surface area contributed by atoms with Crippen LogP contribution in [0.2, 0.25) is 18.1 Å². The van der Waals surface area contributed by atoms with E-state index in [4.69, 9.17) is 4.43 Å². The molecule has 0 bridgehead atoms. The lowest BCUT2D eigenvalue weighted by Gasteiger charge is -2.39. The number of hydrogen-bond acceptors (Lipinski definition) is 2. The van der Waals surface area contributed by atoms with E-state index in [1.54, 1.807) is 0 Å². The van der Waals surface area contributed by atoms with Crippen molar-refractivity contribution in [1.29, 1.82) is 0 Å². The second kappa shape index (κ2) is 3.95. The SMILES string of the molecule is CC(C)(C)[Si](C)(C)OC(CO)C1CC1. The van der Waals surface area contributed by atoms with Crippen LogP contribution in [0, 0.1) is 5.92 Å². The predicted molar refractivity (Wildman–Crippen MR) is 61.9 cm³/mol. The zero-order valence-electron chi connectivity index (χ0n) is 10.1. The van der Waals surface area contributed by atoms with E-state index in [-0.39, 0.29) is 17.7 Å². The van der Waals surface area contributed by atoms with Crippen LogP contribution in [0.25, 0.3) is 0 Å². The Morgan fingerprint density at radius 1 is 1.36 bits per heavy atom. The average Bonchev–Trinajstić information content (AvgIpc) is 2.80. The van der Waals surface area contributed by atoms with Gasteiger partial charge in [0.05, 0.1) is 12.7 Å². The third-order valence-electron chi connectivity index (χ3n) is 3.58. The third-order valence-corrected chi connectivity index (χ3v) is 8.08. The van der Waals surface area contributed by atoms with E-state index in [0.29, 0.717) is 5.92 Å². The van der Waals surface area contributed by atoms with E-state index < -0.39 is 8.32 Å². The molecule has 1 aliphatic carbocycles. The van der Waals surface area contributed by atoms with E-state index >= 15 is 0 Å². The summed E-state index contributed by atoms with van der Waals surface area (Å²) in [6, 6.07) is 0. The summed E-state index contributed by atoms with van der Waals surface area (Å²) >= 11 is 0. The van der Waals surface area contributed by atoms with Crippen molar-refractivity contribution in [1.82, 2.24) is 0 Å². The highest BCUT2D eigenvalue weighted by atomic mass is 28.4. The van der Waals surface area contributed by atoms with Crippen LogP contribution in [0.1, 0.15) is 33.6 Å². The molecule has 0 amide bonds. The van der Waals surface area contributed by atoms with Gasteiger partial charge in [0, 0.05) is 0 Å². The molecular weight excluding hydrogens is 192 g/mol.